The largest absolute Gasteiger partial charge is 0.489 e. The molecule has 0 aromatic heterocycles. The summed E-state index contributed by atoms with van der Waals surface area (Å²) in [6.07, 6.45) is 7.58. The summed E-state index contributed by atoms with van der Waals surface area (Å²) < 4.78 is 11.2. The molecule has 2 aliphatic rings. The molecule has 0 bridgehead atoms. The zero-order valence-electron chi connectivity index (χ0n) is 18.6. The zero-order valence-corrected chi connectivity index (χ0v) is 18.6. The predicted octanol–water partition coefficient (Wildman–Crippen LogP) is 4.65. The van der Waals surface area contributed by atoms with Gasteiger partial charge in [0.25, 0.3) is 0 Å². The molecule has 1 unspecified atom stereocenters. The molecule has 1 aromatic carbocycles. The fourth-order valence-electron chi connectivity index (χ4n) is 4.81. The van der Waals surface area contributed by atoms with Gasteiger partial charge in [0.1, 0.15) is 11.9 Å². The molecule has 1 fully saturated rings. The Hall–Kier alpha value is -2.25. The molecule has 4 heteroatoms. The van der Waals surface area contributed by atoms with Gasteiger partial charge in [-0.15, -0.1) is 11.8 Å². The maximum absolute atomic E-state index is 11.4. The van der Waals surface area contributed by atoms with E-state index < -0.39 is 6.10 Å². The van der Waals surface area contributed by atoms with Crippen molar-refractivity contribution >= 4 is 5.97 Å². The van der Waals surface area contributed by atoms with Gasteiger partial charge in [-0.3, -0.25) is 4.79 Å². The molecule has 1 saturated carbocycles. The van der Waals surface area contributed by atoms with E-state index in [1.807, 2.05) is 19.9 Å². The van der Waals surface area contributed by atoms with Crippen LogP contribution in [-0.4, -0.2) is 30.4 Å². The minimum Gasteiger partial charge on any atom is -0.489 e. The molecule has 0 spiro atoms. The highest BCUT2D eigenvalue weighted by Crippen LogP contribution is 2.54. The maximum Gasteiger partial charge on any atom is 0.305 e. The quantitative estimate of drug-likeness (QED) is 0.385. The van der Waals surface area contributed by atoms with Crippen LogP contribution in [0.5, 0.6) is 5.75 Å². The van der Waals surface area contributed by atoms with Crippen molar-refractivity contribution < 1.29 is 19.4 Å². The Labute approximate surface area is 180 Å². The fourth-order valence-corrected chi connectivity index (χ4v) is 4.81. The Balaban J connectivity index is 1.73. The molecule has 1 N–H and O–H groups in total. The van der Waals surface area contributed by atoms with E-state index in [9.17, 15) is 9.90 Å². The number of rotatable bonds is 8. The van der Waals surface area contributed by atoms with Crippen molar-refractivity contribution in [2.75, 3.05) is 7.11 Å². The van der Waals surface area contributed by atoms with Crippen LogP contribution < -0.4 is 4.74 Å². The standard InChI is InChI=1S/C26H34O4/c1-5-6-9-17(2)22(27)15-14-20-18(3)16-23-25(20)21-12-7-10-19(26(21)30-23)11-8-13-24(28)29-4/h7,10,12,14-15,17-18,20,22-23,25,27H,8-9,11,13,16H2,1-4H3/b15-14+/t17?,18-,20+,22-,23+,25+/m1/s1. The first-order valence-corrected chi connectivity index (χ1v) is 11.1. The van der Waals surface area contributed by atoms with Crippen molar-refractivity contribution in [3.8, 4) is 17.6 Å². The van der Waals surface area contributed by atoms with Crippen LogP contribution in [-0.2, 0) is 16.0 Å². The molecule has 30 heavy (non-hydrogen) atoms. The van der Waals surface area contributed by atoms with Gasteiger partial charge in [-0.05, 0) is 49.5 Å². The minimum atomic E-state index is -0.483. The first-order valence-electron chi connectivity index (χ1n) is 11.1. The number of ether oxygens (including phenoxy) is 2. The molecule has 0 amide bonds. The van der Waals surface area contributed by atoms with E-state index in [0.717, 1.165) is 25.0 Å². The third kappa shape index (κ3) is 4.90. The third-order valence-electron chi connectivity index (χ3n) is 6.60. The Morgan fingerprint density at radius 3 is 2.97 bits per heavy atom. The van der Waals surface area contributed by atoms with Crippen LogP contribution in [0.2, 0.25) is 0 Å². The molecule has 1 heterocycles. The lowest BCUT2D eigenvalue weighted by molar-refractivity contribution is -0.140. The van der Waals surface area contributed by atoms with Crippen molar-refractivity contribution in [2.45, 2.75) is 71.0 Å². The van der Waals surface area contributed by atoms with Crippen LogP contribution in [0.1, 0.15) is 63.5 Å². The fraction of sp³-hybridized carbons (Fsp3) is 0.577. The van der Waals surface area contributed by atoms with E-state index in [2.05, 4.69) is 43.0 Å². The molecule has 0 saturated heterocycles. The van der Waals surface area contributed by atoms with Gasteiger partial charge in [0, 0.05) is 24.3 Å². The van der Waals surface area contributed by atoms with Crippen molar-refractivity contribution in [1.82, 2.24) is 0 Å². The highest BCUT2D eigenvalue weighted by Gasteiger charge is 2.47. The van der Waals surface area contributed by atoms with Gasteiger partial charge in [0.05, 0.1) is 13.2 Å². The number of allylic oxidation sites excluding steroid dienone is 1. The molecule has 4 nitrogen and oxygen atoms in total. The number of aliphatic hydroxyl groups excluding tert-OH is 1. The van der Waals surface area contributed by atoms with E-state index in [-0.39, 0.29) is 18.0 Å². The Morgan fingerprint density at radius 2 is 2.23 bits per heavy atom. The van der Waals surface area contributed by atoms with Crippen molar-refractivity contribution in [1.29, 1.82) is 0 Å². The van der Waals surface area contributed by atoms with E-state index >= 15 is 0 Å². The number of hydrogen-bond acceptors (Lipinski definition) is 4. The molecule has 1 aromatic rings. The number of aliphatic hydroxyl groups is 1. The first kappa shape index (κ1) is 22.4. The molecule has 1 aliphatic heterocycles. The number of aryl methyl sites for hydroxylation is 1. The minimum absolute atomic E-state index is 0.120. The van der Waals surface area contributed by atoms with Gasteiger partial charge in [-0.2, -0.15) is 0 Å². The molecule has 0 radical (unpaired) electrons. The van der Waals surface area contributed by atoms with E-state index in [1.165, 1.54) is 18.2 Å². The van der Waals surface area contributed by atoms with Crippen LogP contribution in [0.4, 0.5) is 0 Å². The van der Waals surface area contributed by atoms with Gasteiger partial charge < -0.3 is 14.6 Å². The first-order chi connectivity index (χ1) is 14.5. The number of fused-ring (bicyclic) bond motifs is 3. The topological polar surface area (TPSA) is 55.8 Å². The maximum atomic E-state index is 11.4. The van der Waals surface area contributed by atoms with Crippen molar-refractivity contribution in [3.63, 3.8) is 0 Å². The summed E-state index contributed by atoms with van der Waals surface area (Å²) in [6, 6.07) is 6.38. The number of para-hydroxylation sites is 1. The lowest BCUT2D eigenvalue weighted by Gasteiger charge is -2.20. The zero-order chi connectivity index (χ0) is 21.7. The van der Waals surface area contributed by atoms with E-state index in [4.69, 9.17) is 9.47 Å². The number of hydrogen-bond donors (Lipinski definition) is 1. The number of esters is 1. The average molecular weight is 411 g/mol. The predicted molar refractivity (Wildman–Crippen MR) is 118 cm³/mol. The average Bonchev–Trinajstić information content (AvgIpc) is 3.25. The van der Waals surface area contributed by atoms with Gasteiger partial charge >= 0.3 is 5.97 Å². The smallest absolute Gasteiger partial charge is 0.305 e. The summed E-state index contributed by atoms with van der Waals surface area (Å²) in [4.78, 5) is 11.4. The van der Waals surface area contributed by atoms with Crippen LogP contribution >= 0.6 is 0 Å². The van der Waals surface area contributed by atoms with E-state index in [1.54, 1.807) is 0 Å². The molecule has 3 rings (SSSR count). The van der Waals surface area contributed by atoms with Crippen LogP contribution in [0.15, 0.2) is 30.4 Å². The van der Waals surface area contributed by atoms with Crippen LogP contribution in [0.25, 0.3) is 0 Å². The van der Waals surface area contributed by atoms with Crippen molar-refractivity contribution in [2.24, 2.45) is 17.8 Å². The molecule has 162 valence electrons. The Morgan fingerprint density at radius 1 is 1.43 bits per heavy atom. The van der Waals surface area contributed by atoms with Gasteiger partial charge in [-0.25, -0.2) is 0 Å². The summed E-state index contributed by atoms with van der Waals surface area (Å²) >= 11 is 0. The lowest BCUT2D eigenvalue weighted by atomic mass is 9.83. The van der Waals surface area contributed by atoms with Gasteiger partial charge in [0.15, 0.2) is 0 Å². The SMILES string of the molecule is CC#CCC(C)[C@H](O)/C=C/[C@@H]1[C@H]2c3cccc(CCCC(=O)OC)c3O[C@H]2C[C@H]1C. The molecule has 6 atom stereocenters. The second-order valence-corrected chi connectivity index (χ2v) is 8.72. The summed E-state index contributed by atoms with van der Waals surface area (Å²) in [5.41, 5.74) is 2.45. The van der Waals surface area contributed by atoms with Gasteiger partial charge in [0.2, 0.25) is 0 Å². The summed E-state index contributed by atoms with van der Waals surface area (Å²) in [5.74, 6) is 8.09. The van der Waals surface area contributed by atoms with Crippen LogP contribution in [0, 0.1) is 29.6 Å². The number of benzene rings is 1. The number of carbonyl (C=O) groups excluding carboxylic acids is 1. The normalized spacial score (nSPS) is 26.3. The molecular weight excluding hydrogens is 376 g/mol. The Kier molecular flexibility index (Phi) is 7.61. The number of methoxy groups -OCH3 is 1. The third-order valence-corrected chi connectivity index (χ3v) is 6.60. The summed E-state index contributed by atoms with van der Waals surface area (Å²) in [5, 5.41) is 10.5. The summed E-state index contributed by atoms with van der Waals surface area (Å²) in [7, 11) is 1.43. The highest BCUT2D eigenvalue weighted by molar-refractivity contribution is 5.69. The van der Waals surface area contributed by atoms with Crippen LogP contribution in [0.3, 0.4) is 0 Å². The second-order valence-electron chi connectivity index (χ2n) is 8.72. The monoisotopic (exact) mass is 410 g/mol. The molecule has 1 aliphatic carbocycles. The molecular formula is C26H34O4. The van der Waals surface area contributed by atoms with Gasteiger partial charge in [-0.1, -0.05) is 44.2 Å². The number of carbonyl (C=O) groups is 1. The van der Waals surface area contributed by atoms with E-state index in [0.29, 0.717) is 30.6 Å². The Bertz CT molecular complexity index is 831. The lowest BCUT2D eigenvalue weighted by Crippen LogP contribution is -2.17. The van der Waals surface area contributed by atoms with Crippen molar-refractivity contribution in [3.05, 3.63) is 41.5 Å². The summed E-state index contributed by atoms with van der Waals surface area (Å²) in [6.45, 7) is 6.14. The second kappa shape index (κ2) is 10.2. The highest BCUT2D eigenvalue weighted by atomic mass is 16.5.